The highest BCUT2D eigenvalue weighted by atomic mass is 16.5. The molecule has 1 saturated heterocycles. The molecule has 2 aliphatic rings. The van der Waals surface area contributed by atoms with E-state index in [0.29, 0.717) is 6.04 Å². The molecule has 0 aromatic heterocycles. The van der Waals surface area contributed by atoms with Crippen molar-refractivity contribution in [2.45, 2.75) is 6.04 Å². The third-order valence-electron chi connectivity index (χ3n) is 3.94. The van der Waals surface area contributed by atoms with Gasteiger partial charge in [0.15, 0.2) is 5.75 Å². The monoisotopic (exact) mass is 240 g/mol. The third kappa shape index (κ3) is 1.40. The van der Waals surface area contributed by atoms with Crippen molar-refractivity contribution in [1.29, 1.82) is 0 Å². The minimum absolute atomic E-state index is 0.479. The lowest BCUT2D eigenvalue weighted by atomic mass is 10.0. The molecule has 0 radical (unpaired) electrons. The van der Waals surface area contributed by atoms with Gasteiger partial charge in [0.1, 0.15) is 6.61 Å². The van der Waals surface area contributed by atoms with Crippen molar-refractivity contribution in [2.24, 2.45) is 0 Å². The van der Waals surface area contributed by atoms with Gasteiger partial charge in [-0.05, 0) is 11.5 Å². The lowest BCUT2D eigenvalue weighted by molar-refractivity contribution is 0.250. The van der Waals surface area contributed by atoms with E-state index in [0.717, 1.165) is 32.0 Å². The molecule has 2 aliphatic heterocycles. The largest absolute Gasteiger partial charge is 0.489 e. The fraction of sp³-hybridized carbons (Fsp3) is 0.333. The van der Waals surface area contributed by atoms with Crippen molar-refractivity contribution >= 4 is 16.5 Å². The Morgan fingerprint density at radius 1 is 1.17 bits per heavy atom. The molecule has 3 heteroatoms. The van der Waals surface area contributed by atoms with Crippen LogP contribution < -0.4 is 15.0 Å². The van der Waals surface area contributed by atoms with Crippen LogP contribution in [-0.4, -0.2) is 32.3 Å². The van der Waals surface area contributed by atoms with Crippen LogP contribution in [0.15, 0.2) is 36.4 Å². The average Bonchev–Trinajstić information content (AvgIpc) is 2.46. The summed E-state index contributed by atoms with van der Waals surface area (Å²) >= 11 is 0. The molecular formula is C15H16N2O. The Labute approximate surface area is 106 Å². The summed E-state index contributed by atoms with van der Waals surface area (Å²) < 4.78 is 6.02. The maximum absolute atomic E-state index is 6.02. The van der Waals surface area contributed by atoms with E-state index < -0.39 is 0 Å². The second kappa shape index (κ2) is 3.89. The zero-order chi connectivity index (χ0) is 11.9. The van der Waals surface area contributed by atoms with Crippen molar-refractivity contribution in [3.8, 4) is 5.75 Å². The number of hydrogen-bond acceptors (Lipinski definition) is 3. The number of benzene rings is 2. The first-order valence-corrected chi connectivity index (χ1v) is 6.55. The number of nitrogens with one attached hydrogen (secondary N) is 1. The normalized spacial score (nSPS) is 22.2. The third-order valence-corrected chi connectivity index (χ3v) is 3.94. The summed E-state index contributed by atoms with van der Waals surface area (Å²) in [7, 11) is 0. The molecule has 0 bridgehead atoms. The minimum Gasteiger partial charge on any atom is -0.489 e. The van der Waals surface area contributed by atoms with E-state index >= 15 is 0 Å². The highest BCUT2D eigenvalue weighted by Crippen LogP contribution is 2.40. The van der Waals surface area contributed by atoms with Crippen LogP contribution in [0, 0.1) is 0 Å². The van der Waals surface area contributed by atoms with E-state index in [-0.39, 0.29) is 0 Å². The second-order valence-electron chi connectivity index (χ2n) is 5.00. The number of hydrogen-bond donors (Lipinski definition) is 1. The van der Waals surface area contributed by atoms with Crippen molar-refractivity contribution in [2.75, 3.05) is 31.1 Å². The molecule has 3 nitrogen and oxygen atoms in total. The molecule has 1 unspecified atom stereocenters. The summed E-state index contributed by atoms with van der Waals surface area (Å²) in [6.07, 6.45) is 0. The maximum atomic E-state index is 6.02. The highest BCUT2D eigenvalue weighted by molar-refractivity contribution is 5.94. The Kier molecular flexibility index (Phi) is 2.20. The predicted octanol–water partition coefficient (Wildman–Crippen LogP) is 2.01. The van der Waals surface area contributed by atoms with Crippen LogP contribution in [0.5, 0.6) is 5.75 Å². The Morgan fingerprint density at radius 2 is 2.11 bits per heavy atom. The molecule has 0 aliphatic carbocycles. The highest BCUT2D eigenvalue weighted by Gasteiger charge is 2.30. The summed E-state index contributed by atoms with van der Waals surface area (Å²) in [6.45, 7) is 3.93. The van der Waals surface area contributed by atoms with Crippen molar-refractivity contribution in [3.05, 3.63) is 36.4 Å². The molecule has 1 atom stereocenters. The molecular weight excluding hydrogens is 224 g/mol. The maximum Gasteiger partial charge on any atom is 0.150 e. The SMILES string of the molecule is c1ccc2c3c(ccc2c1)N1CCNCC1CO3. The number of anilines is 1. The van der Waals surface area contributed by atoms with Gasteiger partial charge < -0.3 is 15.0 Å². The first kappa shape index (κ1) is 10.2. The molecule has 0 spiro atoms. The van der Waals surface area contributed by atoms with Crippen LogP contribution in [-0.2, 0) is 0 Å². The molecule has 0 saturated carbocycles. The fourth-order valence-electron chi connectivity index (χ4n) is 3.02. The van der Waals surface area contributed by atoms with E-state index in [1.165, 1.54) is 16.5 Å². The molecule has 2 aromatic rings. The van der Waals surface area contributed by atoms with Gasteiger partial charge >= 0.3 is 0 Å². The molecule has 1 fully saturated rings. The van der Waals surface area contributed by atoms with Crippen LogP contribution in [0.1, 0.15) is 0 Å². The van der Waals surface area contributed by atoms with Crippen LogP contribution in [0.2, 0.25) is 0 Å². The standard InChI is InChI=1S/C15H16N2O/c1-2-4-13-11(3-1)5-6-14-15(13)18-10-12-9-16-7-8-17(12)14/h1-6,12,16H,7-10H2. The molecule has 1 N–H and O–H groups in total. The number of nitrogens with zero attached hydrogens (tertiary/aromatic N) is 1. The zero-order valence-corrected chi connectivity index (χ0v) is 10.2. The van der Waals surface area contributed by atoms with Gasteiger partial charge in [-0.15, -0.1) is 0 Å². The Balaban J connectivity index is 1.90. The molecule has 2 aromatic carbocycles. The second-order valence-corrected chi connectivity index (χ2v) is 5.00. The topological polar surface area (TPSA) is 24.5 Å². The van der Waals surface area contributed by atoms with E-state index in [2.05, 4.69) is 46.6 Å². The number of piperazine rings is 1. The first-order chi connectivity index (χ1) is 8.93. The number of ether oxygens (including phenoxy) is 1. The summed E-state index contributed by atoms with van der Waals surface area (Å²) in [5, 5.41) is 5.91. The van der Waals surface area contributed by atoms with Crippen molar-refractivity contribution in [1.82, 2.24) is 5.32 Å². The quantitative estimate of drug-likeness (QED) is 0.762. The van der Waals surface area contributed by atoms with Gasteiger partial charge in [-0.25, -0.2) is 0 Å². The molecule has 0 amide bonds. The van der Waals surface area contributed by atoms with Gasteiger partial charge in [0.25, 0.3) is 0 Å². The van der Waals surface area contributed by atoms with Crippen molar-refractivity contribution in [3.63, 3.8) is 0 Å². The average molecular weight is 240 g/mol. The van der Waals surface area contributed by atoms with E-state index in [4.69, 9.17) is 4.74 Å². The summed E-state index contributed by atoms with van der Waals surface area (Å²) in [6, 6.07) is 13.3. The Morgan fingerprint density at radius 3 is 3.11 bits per heavy atom. The van der Waals surface area contributed by atoms with Gasteiger partial charge in [0, 0.05) is 25.0 Å². The van der Waals surface area contributed by atoms with Gasteiger partial charge in [-0.1, -0.05) is 30.3 Å². The summed E-state index contributed by atoms with van der Waals surface area (Å²) in [4.78, 5) is 2.49. The first-order valence-electron chi connectivity index (χ1n) is 6.55. The summed E-state index contributed by atoms with van der Waals surface area (Å²) in [5.41, 5.74) is 1.26. The van der Waals surface area contributed by atoms with Crippen LogP contribution >= 0.6 is 0 Å². The van der Waals surface area contributed by atoms with Crippen LogP contribution in [0.3, 0.4) is 0 Å². The number of fused-ring (bicyclic) bond motifs is 5. The number of rotatable bonds is 0. The fourth-order valence-corrected chi connectivity index (χ4v) is 3.02. The summed E-state index contributed by atoms with van der Waals surface area (Å²) in [5.74, 6) is 1.06. The Bertz CT molecular complexity index is 596. The zero-order valence-electron chi connectivity index (χ0n) is 10.2. The van der Waals surface area contributed by atoms with Gasteiger partial charge in [-0.3, -0.25) is 0 Å². The lowest BCUT2D eigenvalue weighted by Crippen LogP contribution is -2.55. The van der Waals surface area contributed by atoms with Crippen LogP contribution in [0.25, 0.3) is 10.8 Å². The van der Waals surface area contributed by atoms with Crippen LogP contribution in [0.4, 0.5) is 5.69 Å². The van der Waals surface area contributed by atoms with E-state index in [1.807, 2.05) is 0 Å². The van der Waals surface area contributed by atoms with Gasteiger partial charge in [0.2, 0.25) is 0 Å². The Hall–Kier alpha value is -1.74. The molecule has 18 heavy (non-hydrogen) atoms. The minimum atomic E-state index is 0.479. The van der Waals surface area contributed by atoms with Gasteiger partial charge in [0.05, 0.1) is 11.7 Å². The molecule has 2 heterocycles. The smallest absolute Gasteiger partial charge is 0.150 e. The van der Waals surface area contributed by atoms with Crippen molar-refractivity contribution < 1.29 is 4.74 Å². The van der Waals surface area contributed by atoms with Gasteiger partial charge in [-0.2, -0.15) is 0 Å². The molecule has 4 rings (SSSR count). The molecule has 92 valence electrons. The lowest BCUT2D eigenvalue weighted by Gasteiger charge is -2.42. The van der Waals surface area contributed by atoms with E-state index in [1.54, 1.807) is 0 Å². The van der Waals surface area contributed by atoms with E-state index in [9.17, 15) is 0 Å². The predicted molar refractivity (Wildman–Crippen MR) is 73.4 cm³/mol.